The fraction of sp³-hybridized carbons (Fsp3) is 0.333. The van der Waals surface area contributed by atoms with Gasteiger partial charge in [0.15, 0.2) is 0 Å². The molecular weight excluding hydrogens is 184 g/mol. The van der Waals surface area contributed by atoms with E-state index in [4.69, 9.17) is 5.73 Å². The lowest BCUT2D eigenvalue weighted by molar-refractivity contribution is -0.141. The molecule has 0 aliphatic heterocycles. The average Bonchev–Trinajstić information content (AvgIpc) is 2.17. The van der Waals surface area contributed by atoms with Gasteiger partial charge in [0.2, 0.25) is 5.56 Å². The van der Waals surface area contributed by atoms with E-state index in [9.17, 15) is 9.59 Å². The van der Waals surface area contributed by atoms with Crippen molar-refractivity contribution in [2.45, 2.75) is 12.5 Å². The molecule has 0 fully saturated rings. The summed E-state index contributed by atoms with van der Waals surface area (Å²) in [6.07, 6.45) is 1.56. The van der Waals surface area contributed by atoms with Gasteiger partial charge in [-0.15, -0.1) is 0 Å². The van der Waals surface area contributed by atoms with E-state index in [2.05, 4.69) is 9.72 Å². The van der Waals surface area contributed by atoms with Crippen molar-refractivity contribution < 1.29 is 9.53 Å². The number of rotatable bonds is 3. The van der Waals surface area contributed by atoms with Crippen LogP contribution in [0.1, 0.15) is 18.0 Å². The zero-order valence-corrected chi connectivity index (χ0v) is 7.82. The normalized spacial score (nSPS) is 12.1. The molecule has 0 aromatic carbocycles. The van der Waals surface area contributed by atoms with Crippen molar-refractivity contribution in [3.05, 3.63) is 34.2 Å². The lowest BCUT2D eigenvalue weighted by atomic mass is 10.1. The molecule has 1 aromatic heterocycles. The van der Waals surface area contributed by atoms with Crippen molar-refractivity contribution in [1.29, 1.82) is 0 Å². The van der Waals surface area contributed by atoms with Crippen molar-refractivity contribution in [3.8, 4) is 0 Å². The number of ether oxygens (including phenoxy) is 1. The standard InChI is InChI=1S/C9H12N2O3/c1-14-9(13)5-7(10)6-2-3-11-8(12)4-6/h2-4,7H,5,10H2,1H3,(H,11,12). The number of methoxy groups -OCH3 is 1. The van der Waals surface area contributed by atoms with Crippen molar-refractivity contribution in [1.82, 2.24) is 4.98 Å². The first-order valence-electron chi connectivity index (χ1n) is 4.14. The molecule has 0 bridgehead atoms. The van der Waals surface area contributed by atoms with E-state index < -0.39 is 12.0 Å². The summed E-state index contributed by atoms with van der Waals surface area (Å²) in [5.74, 6) is -0.391. The minimum Gasteiger partial charge on any atom is -0.469 e. The maximum Gasteiger partial charge on any atom is 0.307 e. The minimum atomic E-state index is -0.496. The predicted molar refractivity (Wildman–Crippen MR) is 50.6 cm³/mol. The Labute approximate surface area is 80.9 Å². The number of hydrogen-bond donors (Lipinski definition) is 2. The molecule has 5 heteroatoms. The molecule has 1 aromatic rings. The molecule has 5 nitrogen and oxygen atoms in total. The summed E-state index contributed by atoms with van der Waals surface area (Å²) in [4.78, 5) is 24.3. The number of pyridine rings is 1. The second-order valence-electron chi connectivity index (χ2n) is 2.87. The van der Waals surface area contributed by atoms with Crippen LogP contribution < -0.4 is 11.3 Å². The number of carbonyl (C=O) groups excluding carboxylic acids is 1. The third-order valence-corrected chi connectivity index (χ3v) is 1.84. The monoisotopic (exact) mass is 196 g/mol. The van der Waals surface area contributed by atoms with E-state index in [1.165, 1.54) is 19.4 Å². The molecule has 0 amide bonds. The van der Waals surface area contributed by atoms with E-state index >= 15 is 0 Å². The van der Waals surface area contributed by atoms with Gasteiger partial charge < -0.3 is 15.5 Å². The fourth-order valence-electron chi connectivity index (χ4n) is 1.07. The van der Waals surface area contributed by atoms with Crippen LogP contribution in [0, 0.1) is 0 Å². The van der Waals surface area contributed by atoms with E-state index in [1.807, 2.05) is 0 Å². The number of aromatic nitrogens is 1. The van der Waals surface area contributed by atoms with Crippen LogP contribution in [0.3, 0.4) is 0 Å². The molecule has 1 unspecified atom stereocenters. The number of nitrogens with two attached hydrogens (primary N) is 1. The van der Waals surface area contributed by atoms with Gasteiger partial charge in [0.25, 0.3) is 0 Å². The highest BCUT2D eigenvalue weighted by molar-refractivity contribution is 5.70. The molecule has 3 N–H and O–H groups in total. The largest absolute Gasteiger partial charge is 0.469 e. The van der Waals surface area contributed by atoms with E-state index in [0.29, 0.717) is 5.56 Å². The molecule has 1 atom stereocenters. The van der Waals surface area contributed by atoms with Crippen LogP contribution in [0.5, 0.6) is 0 Å². The van der Waals surface area contributed by atoms with Crippen molar-refractivity contribution in [2.75, 3.05) is 7.11 Å². The van der Waals surface area contributed by atoms with E-state index in [1.54, 1.807) is 6.07 Å². The number of aromatic amines is 1. The van der Waals surface area contributed by atoms with Crippen molar-refractivity contribution >= 4 is 5.97 Å². The van der Waals surface area contributed by atoms with Gasteiger partial charge in [0.05, 0.1) is 13.5 Å². The zero-order chi connectivity index (χ0) is 10.6. The lowest BCUT2D eigenvalue weighted by Crippen LogP contribution is -2.18. The van der Waals surface area contributed by atoms with Gasteiger partial charge in [-0.05, 0) is 11.6 Å². The van der Waals surface area contributed by atoms with Gasteiger partial charge in [0.1, 0.15) is 0 Å². The summed E-state index contributed by atoms with van der Waals surface area (Å²) in [5.41, 5.74) is 6.08. The molecular formula is C9H12N2O3. The molecule has 0 aliphatic rings. The van der Waals surface area contributed by atoms with Crippen LogP contribution in [-0.2, 0) is 9.53 Å². The Balaban J connectivity index is 2.74. The molecule has 0 saturated carbocycles. The molecule has 0 aliphatic carbocycles. The van der Waals surface area contributed by atoms with Crippen LogP contribution in [0.2, 0.25) is 0 Å². The minimum absolute atomic E-state index is 0.0694. The lowest BCUT2D eigenvalue weighted by Gasteiger charge is -2.09. The Morgan fingerprint density at radius 3 is 3.00 bits per heavy atom. The SMILES string of the molecule is COC(=O)CC(N)c1cc[nH]c(=O)c1. The van der Waals surface area contributed by atoms with Crippen LogP contribution >= 0.6 is 0 Å². The molecule has 0 saturated heterocycles. The fourth-order valence-corrected chi connectivity index (χ4v) is 1.07. The molecule has 76 valence electrons. The third-order valence-electron chi connectivity index (χ3n) is 1.84. The second kappa shape index (κ2) is 4.57. The van der Waals surface area contributed by atoms with Gasteiger partial charge >= 0.3 is 5.97 Å². The van der Waals surface area contributed by atoms with Gasteiger partial charge in [-0.25, -0.2) is 0 Å². The van der Waals surface area contributed by atoms with E-state index in [-0.39, 0.29) is 12.0 Å². The molecule has 1 heterocycles. The predicted octanol–water partition coefficient (Wildman–Crippen LogP) is -0.0622. The summed E-state index contributed by atoms with van der Waals surface area (Å²) in [6.45, 7) is 0. The Hall–Kier alpha value is -1.62. The first-order valence-corrected chi connectivity index (χ1v) is 4.14. The Kier molecular flexibility index (Phi) is 3.41. The topological polar surface area (TPSA) is 85.2 Å². The van der Waals surface area contributed by atoms with Gasteiger partial charge in [-0.1, -0.05) is 0 Å². The summed E-state index contributed by atoms with van der Waals surface area (Å²) in [5, 5.41) is 0. The number of hydrogen-bond acceptors (Lipinski definition) is 4. The summed E-state index contributed by atoms with van der Waals surface area (Å²) < 4.78 is 4.47. The summed E-state index contributed by atoms with van der Waals surface area (Å²) in [6, 6.07) is 2.53. The highest BCUT2D eigenvalue weighted by Gasteiger charge is 2.11. The summed E-state index contributed by atoms with van der Waals surface area (Å²) >= 11 is 0. The van der Waals surface area contributed by atoms with Crippen LogP contribution in [0.4, 0.5) is 0 Å². The molecule has 0 spiro atoms. The van der Waals surface area contributed by atoms with Gasteiger partial charge in [-0.3, -0.25) is 9.59 Å². The second-order valence-corrected chi connectivity index (χ2v) is 2.87. The maximum absolute atomic E-state index is 10.9. The third kappa shape index (κ3) is 2.70. The highest BCUT2D eigenvalue weighted by Crippen LogP contribution is 2.11. The Morgan fingerprint density at radius 2 is 2.43 bits per heavy atom. The maximum atomic E-state index is 10.9. The molecule has 1 rings (SSSR count). The average molecular weight is 196 g/mol. The first kappa shape index (κ1) is 10.5. The Bertz CT molecular complexity index is 372. The first-order chi connectivity index (χ1) is 6.63. The van der Waals surface area contributed by atoms with Crippen molar-refractivity contribution in [3.63, 3.8) is 0 Å². The number of esters is 1. The highest BCUT2D eigenvalue weighted by atomic mass is 16.5. The summed E-state index contributed by atoms with van der Waals surface area (Å²) in [7, 11) is 1.30. The van der Waals surface area contributed by atoms with E-state index in [0.717, 1.165) is 0 Å². The molecule has 14 heavy (non-hydrogen) atoms. The quantitative estimate of drug-likeness (QED) is 0.663. The zero-order valence-electron chi connectivity index (χ0n) is 7.82. The number of H-pyrrole nitrogens is 1. The van der Waals surface area contributed by atoms with Crippen LogP contribution in [0.25, 0.3) is 0 Å². The molecule has 0 radical (unpaired) electrons. The van der Waals surface area contributed by atoms with Gasteiger partial charge in [0, 0.05) is 18.3 Å². The van der Waals surface area contributed by atoms with Crippen LogP contribution in [-0.4, -0.2) is 18.1 Å². The number of carbonyl (C=O) groups is 1. The smallest absolute Gasteiger partial charge is 0.307 e. The van der Waals surface area contributed by atoms with Crippen LogP contribution in [0.15, 0.2) is 23.1 Å². The van der Waals surface area contributed by atoms with Gasteiger partial charge in [-0.2, -0.15) is 0 Å². The van der Waals surface area contributed by atoms with Crippen molar-refractivity contribution in [2.24, 2.45) is 5.73 Å². The number of nitrogens with one attached hydrogen (secondary N) is 1. The Morgan fingerprint density at radius 1 is 1.71 bits per heavy atom.